The Balaban J connectivity index is 1.20. The highest BCUT2D eigenvalue weighted by Gasteiger charge is 2.37. The summed E-state index contributed by atoms with van der Waals surface area (Å²) in [7, 11) is 0. The molecule has 0 amide bonds. The summed E-state index contributed by atoms with van der Waals surface area (Å²) in [5, 5.41) is 0. The van der Waals surface area contributed by atoms with Gasteiger partial charge in [0.2, 0.25) is 0 Å². The van der Waals surface area contributed by atoms with E-state index in [4.69, 9.17) is 0 Å². The van der Waals surface area contributed by atoms with Crippen LogP contribution in [0.25, 0.3) is 0 Å². The zero-order chi connectivity index (χ0) is 18.8. The maximum Gasteiger partial charge on any atom is 0.0602 e. The van der Waals surface area contributed by atoms with Crippen molar-refractivity contribution in [3.05, 3.63) is 71.8 Å². The lowest BCUT2D eigenvalue weighted by molar-refractivity contribution is 0.0941. The molecule has 0 N–H and O–H groups in total. The number of nitrogens with zero attached hydrogens (tertiary/aromatic N) is 3. The number of piperidine rings is 1. The fourth-order valence-electron chi connectivity index (χ4n) is 5.70. The molecule has 3 nitrogen and oxygen atoms in total. The lowest BCUT2D eigenvalue weighted by Gasteiger charge is -2.40. The van der Waals surface area contributed by atoms with Crippen LogP contribution in [-0.4, -0.2) is 66.6 Å². The van der Waals surface area contributed by atoms with Gasteiger partial charge < -0.3 is 0 Å². The number of benzene rings is 2. The lowest BCUT2D eigenvalue weighted by atomic mass is 9.96. The van der Waals surface area contributed by atoms with Crippen molar-refractivity contribution in [1.82, 2.24) is 14.7 Å². The maximum atomic E-state index is 2.78. The van der Waals surface area contributed by atoms with E-state index in [1.54, 1.807) is 0 Å². The Labute approximate surface area is 169 Å². The summed E-state index contributed by atoms with van der Waals surface area (Å²) in [5.41, 5.74) is 2.82. The predicted molar refractivity (Wildman–Crippen MR) is 115 cm³/mol. The van der Waals surface area contributed by atoms with Crippen LogP contribution in [-0.2, 0) is 0 Å². The lowest BCUT2D eigenvalue weighted by Crippen LogP contribution is -2.50. The molecule has 2 aromatic rings. The van der Waals surface area contributed by atoms with E-state index in [0.29, 0.717) is 6.04 Å². The molecule has 1 saturated carbocycles. The van der Waals surface area contributed by atoms with Crippen LogP contribution in [0.1, 0.15) is 36.4 Å². The molecule has 3 aliphatic rings. The smallest absolute Gasteiger partial charge is 0.0602 e. The molecular weight excluding hydrogens is 342 g/mol. The van der Waals surface area contributed by atoms with Crippen molar-refractivity contribution in [2.75, 3.05) is 45.8 Å². The number of hydrogen-bond donors (Lipinski definition) is 0. The number of fused-ring (bicyclic) bond motifs is 2. The molecule has 28 heavy (non-hydrogen) atoms. The van der Waals surface area contributed by atoms with E-state index in [-0.39, 0.29) is 0 Å². The van der Waals surface area contributed by atoms with Gasteiger partial charge in [-0.3, -0.25) is 14.7 Å². The van der Waals surface area contributed by atoms with Crippen molar-refractivity contribution >= 4 is 0 Å². The SMILES string of the molecule is c1ccc(C(c2ccccc2)N2CCN(CCN3C[C@H]4CC[C@@H]3C4)CC2)cc1. The van der Waals surface area contributed by atoms with E-state index < -0.39 is 0 Å². The summed E-state index contributed by atoms with van der Waals surface area (Å²) in [5.74, 6) is 1.01. The van der Waals surface area contributed by atoms with Gasteiger partial charge >= 0.3 is 0 Å². The molecule has 3 heteroatoms. The van der Waals surface area contributed by atoms with Gasteiger partial charge in [-0.25, -0.2) is 0 Å². The Morgan fingerprint density at radius 1 is 0.750 bits per heavy atom. The molecule has 2 saturated heterocycles. The minimum Gasteiger partial charge on any atom is -0.300 e. The highest BCUT2D eigenvalue weighted by Crippen LogP contribution is 2.37. The largest absolute Gasteiger partial charge is 0.300 e. The molecule has 0 aromatic heterocycles. The van der Waals surface area contributed by atoms with Crippen molar-refractivity contribution < 1.29 is 0 Å². The minimum atomic E-state index is 0.374. The zero-order valence-electron chi connectivity index (χ0n) is 16.9. The molecule has 0 unspecified atom stereocenters. The highest BCUT2D eigenvalue weighted by atomic mass is 15.3. The van der Waals surface area contributed by atoms with Gasteiger partial charge in [0.15, 0.2) is 0 Å². The molecular formula is C25H33N3. The molecule has 2 bridgehead atoms. The average molecular weight is 376 g/mol. The number of rotatable bonds is 6. The monoisotopic (exact) mass is 375 g/mol. The van der Waals surface area contributed by atoms with Gasteiger partial charge in [-0.05, 0) is 36.3 Å². The van der Waals surface area contributed by atoms with Gasteiger partial charge in [0.05, 0.1) is 6.04 Å². The third-order valence-corrected chi connectivity index (χ3v) is 7.23. The molecule has 1 aliphatic carbocycles. The van der Waals surface area contributed by atoms with Crippen LogP contribution in [0, 0.1) is 5.92 Å². The second kappa shape index (κ2) is 8.36. The normalized spacial score (nSPS) is 26.3. The van der Waals surface area contributed by atoms with Crippen molar-refractivity contribution in [1.29, 1.82) is 0 Å². The summed E-state index contributed by atoms with van der Waals surface area (Å²) in [6.45, 7) is 8.59. The first-order valence-corrected chi connectivity index (χ1v) is 11.2. The first kappa shape index (κ1) is 18.4. The van der Waals surface area contributed by atoms with Crippen molar-refractivity contribution in [3.63, 3.8) is 0 Å². The van der Waals surface area contributed by atoms with E-state index in [9.17, 15) is 0 Å². The van der Waals surface area contributed by atoms with Crippen LogP contribution >= 0.6 is 0 Å². The molecule has 3 fully saturated rings. The summed E-state index contributed by atoms with van der Waals surface area (Å²) in [6, 6.07) is 23.3. The highest BCUT2D eigenvalue weighted by molar-refractivity contribution is 5.31. The Hall–Kier alpha value is -1.68. The van der Waals surface area contributed by atoms with E-state index >= 15 is 0 Å². The topological polar surface area (TPSA) is 9.72 Å². The molecule has 5 rings (SSSR count). The summed E-state index contributed by atoms with van der Waals surface area (Å²) in [4.78, 5) is 8.14. The van der Waals surface area contributed by atoms with Crippen molar-refractivity contribution in [3.8, 4) is 0 Å². The van der Waals surface area contributed by atoms with Gasteiger partial charge in [0.1, 0.15) is 0 Å². The Bertz CT molecular complexity index is 699. The third kappa shape index (κ3) is 3.89. The van der Waals surface area contributed by atoms with Gasteiger partial charge in [-0.2, -0.15) is 0 Å². The minimum absolute atomic E-state index is 0.374. The molecule has 2 atom stereocenters. The van der Waals surface area contributed by atoms with Gasteiger partial charge in [0.25, 0.3) is 0 Å². The first-order chi connectivity index (χ1) is 13.9. The van der Waals surface area contributed by atoms with Crippen LogP contribution in [0.2, 0.25) is 0 Å². The molecule has 0 radical (unpaired) electrons. The number of piperazine rings is 1. The second-order valence-electron chi connectivity index (χ2n) is 8.93. The van der Waals surface area contributed by atoms with Crippen molar-refractivity contribution in [2.45, 2.75) is 31.3 Å². The molecule has 0 spiro atoms. The first-order valence-electron chi connectivity index (χ1n) is 11.2. The van der Waals surface area contributed by atoms with E-state index in [2.05, 4.69) is 75.4 Å². The third-order valence-electron chi connectivity index (χ3n) is 7.23. The molecule has 2 heterocycles. The van der Waals surface area contributed by atoms with Crippen LogP contribution in [0.3, 0.4) is 0 Å². The molecule has 2 aromatic carbocycles. The zero-order valence-corrected chi connectivity index (χ0v) is 16.9. The van der Waals surface area contributed by atoms with Gasteiger partial charge in [0, 0.05) is 51.9 Å². The molecule has 148 valence electrons. The second-order valence-corrected chi connectivity index (χ2v) is 8.93. The summed E-state index contributed by atoms with van der Waals surface area (Å²) >= 11 is 0. The van der Waals surface area contributed by atoms with Crippen LogP contribution in [0.15, 0.2) is 60.7 Å². The Morgan fingerprint density at radius 2 is 1.39 bits per heavy atom. The summed E-state index contributed by atoms with van der Waals surface area (Å²) < 4.78 is 0. The van der Waals surface area contributed by atoms with E-state index in [0.717, 1.165) is 25.0 Å². The van der Waals surface area contributed by atoms with E-state index in [1.807, 2.05) is 0 Å². The fourth-order valence-corrected chi connectivity index (χ4v) is 5.70. The summed E-state index contributed by atoms with van der Waals surface area (Å²) in [6.07, 6.45) is 4.41. The Morgan fingerprint density at radius 3 is 1.93 bits per heavy atom. The quantitative estimate of drug-likeness (QED) is 0.759. The van der Waals surface area contributed by atoms with E-state index in [1.165, 1.54) is 63.1 Å². The van der Waals surface area contributed by atoms with Gasteiger partial charge in [-0.1, -0.05) is 60.7 Å². The number of likely N-dealkylation sites (tertiary alicyclic amines) is 1. The van der Waals surface area contributed by atoms with Crippen LogP contribution in [0.5, 0.6) is 0 Å². The number of hydrogen-bond acceptors (Lipinski definition) is 3. The maximum absolute atomic E-state index is 2.78. The Kier molecular flexibility index (Phi) is 5.48. The van der Waals surface area contributed by atoms with Crippen LogP contribution in [0.4, 0.5) is 0 Å². The predicted octanol–water partition coefficient (Wildman–Crippen LogP) is 3.88. The van der Waals surface area contributed by atoms with Gasteiger partial charge in [-0.15, -0.1) is 0 Å². The standard InChI is InChI=1S/C25H33N3/c1-3-7-22(8-4-1)25(23-9-5-2-6-10-23)27-16-13-26(14-17-27)15-18-28-20-21-11-12-24(28)19-21/h1-10,21,24-25H,11-20H2/t21-,24+/m0/s1. The van der Waals surface area contributed by atoms with Crippen LogP contribution < -0.4 is 0 Å². The fraction of sp³-hybridized carbons (Fsp3) is 0.520. The molecule has 2 aliphatic heterocycles. The average Bonchev–Trinajstić information content (AvgIpc) is 3.38. The van der Waals surface area contributed by atoms with Crippen molar-refractivity contribution in [2.24, 2.45) is 5.92 Å².